The maximum Gasteiger partial charge on any atom is 0.266 e. The molecule has 4 aliphatic heterocycles. The first kappa shape index (κ1) is 111. The third-order valence-electron chi connectivity index (χ3n) is 27.7. The van der Waals surface area contributed by atoms with Crippen LogP contribution in [0.4, 0.5) is 11.4 Å². The zero-order valence-corrected chi connectivity index (χ0v) is 87.7. The molecule has 32 nitrogen and oxygen atoms in total. The van der Waals surface area contributed by atoms with Gasteiger partial charge < -0.3 is 72.1 Å². The number of unbranched alkanes of at least 4 members (excludes halogenated alkanes) is 7. The Morgan fingerprint density at radius 2 is 0.630 bits per heavy atom. The Hall–Kier alpha value is -12.0. The fourth-order valence-corrected chi connectivity index (χ4v) is 19.4. The normalized spacial score (nSPS) is 14.8. The molecular weight excluding hydrogens is 1840 g/mol. The van der Waals surface area contributed by atoms with Crippen LogP contribution in [-0.2, 0) is 48.6 Å². The number of piperazine rings is 4. The summed E-state index contributed by atoms with van der Waals surface area (Å²) < 4.78 is 30.8. The second-order valence-corrected chi connectivity index (χ2v) is 37.8. The standard InChI is InChI=1S/C30H43N5O2.C29H42N6O2.C28H37N5O3.C27H36N6O3/c1-3-33-18-20-34(21-19-33)23-29-32-26-14-10-9-13-25(26)30(36)35(29)27-16-15-24(22-28(27)37-4-2)12-8-6-5-7-11-17-31;1-3-33-17-19-34(20-18-33)22-28-32-25-21-23(31-16-10-6-5-9-15-30)13-14-24(25)29(36)35(28)26-11-7-8-12-27(26)37-4-2;1-3-31-14-16-32(17-15-31)20-27-30-24-10-6-5-9-23(24)28(35)33(27)25-12-11-21(19-26(25)36-4-2)18-22(34)8-7-13-29;1-3-31-14-16-32(17-15-31)19-25-30-22-18-20(29-26(34)10-7-13-28)11-12-21(22)27(35)33(25)23-8-5-6-9-24(23)36-4-2/h9-10,13-16,22H,3-8,11-12,17-21,23,31H2,1-2H3;7-8,11-14,21,31H,3-6,9-10,15-20,22,30H2,1-2H3;5-6,9-12,19H,3-4,7-8,13-18,20,29H2,1-2H3;5-6,8-9,11-12,18H,3-4,7,10,13-17,19,28H2,1-2H3,(H,29,34). The summed E-state index contributed by atoms with van der Waals surface area (Å²) in [5.74, 6) is 5.56. The van der Waals surface area contributed by atoms with Gasteiger partial charge in [-0.2, -0.15) is 0 Å². The van der Waals surface area contributed by atoms with Crippen LogP contribution in [0, 0.1) is 0 Å². The molecule has 784 valence electrons. The lowest BCUT2D eigenvalue weighted by Crippen LogP contribution is -2.46. The summed E-state index contributed by atoms with van der Waals surface area (Å²) in [5.41, 5.74) is 31.2. The fourth-order valence-electron chi connectivity index (χ4n) is 19.4. The molecule has 0 spiro atoms. The minimum Gasteiger partial charge on any atom is -0.492 e. The Morgan fingerprint density at radius 1 is 0.308 bits per heavy atom. The number of hydrogen-bond donors (Lipinski definition) is 6. The average Bonchev–Trinajstić information content (AvgIpc) is 0.773. The van der Waals surface area contributed by atoms with Gasteiger partial charge in [0.25, 0.3) is 22.2 Å². The van der Waals surface area contributed by atoms with E-state index in [0.29, 0.717) is 176 Å². The Kier molecular flexibility index (Phi) is 44.1. The summed E-state index contributed by atoms with van der Waals surface area (Å²) in [4.78, 5) is 119. The summed E-state index contributed by atoms with van der Waals surface area (Å²) in [6.45, 7) is 44.2. The number of para-hydroxylation sites is 6. The number of aryl methyl sites for hydroxylation is 1. The quantitative estimate of drug-likeness (QED) is 0.0193. The SMILES string of the molecule is CCOc1cc(CC(=O)CCCN)ccc1-n1c(CN2CCN(CC)CC2)nc2ccccc2c1=O.CCOc1cc(CCCCCCCN)ccc1-n1c(CN2CCN(CC)CC2)nc2ccccc2c1=O.CCOc1ccccc1-n1c(CN2CCN(CC)CC2)nc2cc(NC(=O)CCCN)ccc2c1=O.CCOc1ccccc1-n1c(CN2CCN(CC)CC2)nc2cc(NCCCCCCN)ccc2c1=O. The fraction of sp³-hybridized carbons (Fsp3) is 0.491. The number of fused-ring (bicyclic) bond motifs is 4. The molecule has 0 aliphatic carbocycles. The number of ether oxygens (including phenoxy) is 4. The molecule has 12 aromatic rings. The number of ketones is 1. The van der Waals surface area contributed by atoms with Gasteiger partial charge in [0.15, 0.2) is 0 Å². The molecule has 4 fully saturated rings. The number of carbonyl (C=O) groups excluding carboxylic acids is 2. The number of amides is 1. The second kappa shape index (κ2) is 57.9. The Balaban J connectivity index is 0.000000163. The number of hydrogen-bond acceptors (Lipinski definition) is 27. The predicted molar refractivity (Wildman–Crippen MR) is 589 cm³/mol. The number of Topliss-reactive ketones (excluding diaryl/α,β-unsaturated/α-hetero) is 1. The molecule has 4 aromatic heterocycles. The molecule has 0 unspecified atom stereocenters. The highest BCUT2D eigenvalue weighted by Gasteiger charge is 2.29. The summed E-state index contributed by atoms with van der Waals surface area (Å²) >= 11 is 0. The van der Waals surface area contributed by atoms with Crippen molar-refractivity contribution < 1.29 is 28.5 Å². The minimum absolute atomic E-state index is 0.0404. The lowest BCUT2D eigenvalue weighted by Gasteiger charge is -2.34. The highest BCUT2D eigenvalue weighted by atomic mass is 16.5. The monoisotopic (exact) mass is 2000 g/mol. The van der Waals surface area contributed by atoms with Gasteiger partial charge in [0.1, 0.15) is 52.1 Å². The Bertz CT molecular complexity index is 6440. The molecule has 0 bridgehead atoms. The number of rotatable bonds is 47. The molecule has 10 N–H and O–H groups in total. The molecule has 146 heavy (non-hydrogen) atoms. The van der Waals surface area contributed by atoms with Crippen molar-refractivity contribution in [3.8, 4) is 45.7 Å². The number of nitrogens with one attached hydrogen (secondary N) is 2. The summed E-state index contributed by atoms with van der Waals surface area (Å²) in [6.07, 6.45) is 13.8. The minimum atomic E-state index is -0.157. The second-order valence-electron chi connectivity index (χ2n) is 37.8. The van der Waals surface area contributed by atoms with E-state index in [0.717, 1.165) is 247 Å². The first-order valence-corrected chi connectivity index (χ1v) is 53.6. The summed E-state index contributed by atoms with van der Waals surface area (Å²) in [7, 11) is 0. The van der Waals surface area contributed by atoms with Gasteiger partial charge in [0.2, 0.25) is 5.91 Å². The van der Waals surface area contributed by atoms with Crippen LogP contribution < -0.4 is 74.8 Å². The summed E-state index contributed by atoms with van der Waals surface area (Å²) in [5, 5.41) is 8.69. The number of carbonyl (C=O) groups is 2. The summed E-state index contributed by atoms with van der Waals surface area (Å²) in [6, 6.07) is 53.5. The van der Waals surface area contributed by atoms with Crippen molar-refractivity contribution in [2.75, 3.05) is 201 Å². The molecule has 4 aliphatic rings. The highest BCUT2D eigenvalue weighted by molar-refractivity contribution is 5.93. The van der Waals surface area contributed by atoms with Crippen LogP contribution in [-0.4, -0.2) is 279 Å². The van der Waals surface area contributed by atoms with Gasteiger partial charge in [-0.05, 0) is 245 Å². The lowest BCUT2D eigenvalue weighted by atomic mass is 10.0. The number of anilines is 2. The molecule has 1 amide bonds. The van der Waals surface area contributed by atoms with E-state index in [9.17, 15) is 28.8 Å². The van der Waals surface area contributed by atoms with Crippen molar-refractivity contribution in [3.05, 3.63) is 246 Å². The number of benzene rings is 8. The maximum absolute atomic E-state index is 13.9. The van der Waals surface area contributed by atoms with E-state index >= 15 is 0 Å². The number of likely N-dealkylation sites (N-methyl/N-ethyl adjacent to an activating group) is 4. The van der Waals surface area contributed by atoms with Gasteiger partial charge in [0.05, 0.1) is 119 Å². The van der Waals surface area contributed by atoms with Gasteiger partial charge in [-0.3, -0.25) is 66.6 Å². The van der Waals surface area contributed by atoms with E-state index in [1.165, 1.54) is 24.8 Å². The first-order valence-electron chi connectivity index (χ1n) is 53.6. The predicted octanol–water partition coefficient (Wildman–Crippen LogP) is 13.6. The van der Waals surface area contributed by atoms with Crippen molar-refractivity contribution in [3.63, 3.8) is 0 Å². The van der Waals surface area contributed by atoms with Gasteiger partial charge in [-0.15, -0.1) is 0 Å². The van der Waals surface area contributed by atoms with Crippen molar-refractivity contribution in [1.82, 2.24) is 77.4 Å². The van der Waals surface area contributed by atoms with Crippen molar-refractivity contribution in [1.29, 1.82) is 0 Å². The van der Waals surface area contributed by atoms with Gasteiger partial charge in [-0.1, -0.05) is 120 Å². The molecule has 32 heteroatoms. The van der Waals surface area contributed by atoms with Crippen LogP contribution in [0.2, 0.25) is 0 Å². The van der Waals surface area contributed by atoms with Gasteiger partial charge in [0, 0.05) is 142 Å². The number of nitrogens with two attached hydrogens (primary N) is 4. The van der Waals surface area contributed by atoms with E-state index < -0.39 is 0 Å². The van der Waals surface area contributed by atoms with E-state index in [2.05, 4.69) is 89.7 Å². The van der Waals surface area contributed by atoms with Crippen molar-refractivity contribution in [2.24, 2.45) is 22.9 Å². The number of aromatic nitrogens is 8. The smallest absolute Gasteiger partial charge is 0.266 e. The van der Waals surface area contributed by atoms with Crippen LogP contribution in [0.5, 0.6) is 23.0 Å². The zero-order chi connectivity index (χ0) is 103. The topological polar surface area (TPSA) is 365 Å². The van der Waals surface area contributed by atoms with Crippen LogP contribution in [0.3, 0.4) is 0 Å². The number of nitrogens with zero attached hydrogens (tertiary/aromatic N) is 16. The lowest BCUT2D eigenvalue weighted by molar-refractivity contribution is -0.118. The third-order valence-corrected chi connectivity index (χ3v) is 27.7. The van der Waals surface area contributed by atoms with Crippen LogP contribution in [0.1, 0.15) is 173 Å². The molecule has 4 saturated heterocycles. The van der Waals surface area contributed by atoms with E-state index in [4.69, 9.17) is 61.8 Å². The van der Waals surface area contributed by atoms with Crippen molar-refractivity contribution >= 4 is 66.7 Å². The molecule has 8 heterocycles. The van der Waals surface area contributed by atoms with Crippen molar-refractivity contribution in [2.45, 2.75) is 178 Å². The van der Waals surface area contributed by atoms with Crippen LogP contribution >= 0.6 is 0 Å². The Labute approximate surface area is 860 Å². The largest absolute Gasteiger partial charge is 0.492 e. The van der Waals surface area contributed by atoms with Gasteiger partial charge in [-0.25, -0.2) is 19.9 Å². The van der Waals surface area contributed by atoms with E-state index in [1.54, 1.807) is 36.5 Å². The molecule has 0 radical (unpaired) electrons. The van der Waals surface area contributed by atoms with Crippen LogP contribution in [0.15, 0.2) is 189 Å². The molecule has 0 saturated carbocycles. The molecule has 8 aromatic carbocycles. The maximum atomic E-state index is 13.9. The van der Waals surface area contributed by atoms with E-state index in [1.807, 2.05) is 167 Å². The van der Waals surface area contributed by atoms with Gasteiger partial charge >= 0.3 is 0 Å². The molecule has 0 atom stereocenters. The van der Waals surface area contributed by atoms with Crippen LogP contribution in [0.25, 0.3) is 66.4 Å². The third kappa shape index (κ3) is 30.6. The van der Waals surface area contributed by atoms with E-state index in [-0.39, 0.29) is 33.9 Å². The molecule has 16 rings (SSSR count). The molecular formula is C114H158N22O10. The average molecular weight is 2000 g/mol. The highest BCUT2D eigenvalue weighted by Crippen LogP contribution is 2.33. The Morgan fingerprint density at radius 3 is 1.04 bits per heavy atom. The first-order chi connectivity index (χ1) is 71.3. The zero-order valence-electron chi connectivity index (χ0n) is 87.7.